The van der Waals surface area contributed by atoms with Gasteiger partial charge in [-0.15, -0.1) is 0 Å². The molecule has 1 amide bonds. The second-order valence-corrected chi connectivity index (χ2v) is 7.89. The molecule has 0 spiro atoms. The van der Waals surface area contributed by atoms with Crippen molar-refractivity contribution < 1.29 is 33.3 Å². The van der Waals surface area contributed by atoms with Crippen molar-refractivity contribution in [3.05, 3.63) is 90.0 Å². The van der Waals surface area contributed by atoms with Gasteiger partial charge in [0.15, 0.2) is 29.6 Å². The lowest BCUT2D eigenvalue weighted by Crippen LogP contribution is -2.24. The summed E-state index contributed by atoms with van der Waals surface area (Å²) in [7, 11) is 4.52. The van der Waals surface area contributed by atoms with Crippen LogP contribution in [0.2, 0.25) is 0 Å². The van der Waals surface area contributed by atoms with Crippen molar-refractivity contribution in [2.75, 3.05) is 27.9 Å². The third-order valence-electron chi connectivity index (χ3n) is 5.56. The van der Waals surface area contributed by atoms with E-state index in [4.69, 9.17) is 23.7 Å². The van der Waals surface area contributed by atoms with Crippen molar-refractivity contribution in [3.63, 3.8) is 0 Å². The highest BCUT2D eigenvalue weighted by Gasteiger charge is 2.16. The third kappa shape index (κ3) is 6.01. The minimum Gasteiger partial charge on any atom is -0.493 e. The van der Waals surface area contributed by atoms with E-state index in [1.165, 1.54) is 33.6 Å². The quantitative estimate of drug-likeness (QED) is 0.143. The fourth-order valence-electron chi connectivity index (χ4n) is 3.70. The summed E-state index contributed by atoms with van der Waals surface area (Å²) in [5.74, 6) is 1.05. The van der Waals surface area contributed by atoms with Gasteiger partial charge in [-0.2, -0.15) is 5.10 Å². The van der Waals surface area contributed by atoms with E-state index in [0.717, 1.165) is 10.8 Å². The Kier molecular flexibility index (Phi) is 8.40. The van der Waals surface area contributed by atoms with Crippen molar-refractivity contribution in [1.82, 2.24) is 5.43 Å². The highest BCUT2D eigenvalue weighted by atomic mass is 16.5. The van der Waals surface area contributed by atoms with Gasteiger partial charge in [0.25, 0.3) is 5.91 Å². The van der Waals surface area contributed by atoms with Crippen molar-refractivity contribution >= 4 is 28.9 Å². The van der Waals surface area contributed by atoms with Gasteiger partial charge in [-0.05, 0) is 47.2 Å². The molecule has 9 heteroatoms. The van der Waals surface area contributed by atoms with Gasteiger partial charge >= 0.3 is 5.97 Å². The van der Waals surface area contributed by atoms with Gasteiger partial charge < -0.3 is 23.7 Å². The average molecular weight is 515 g/mol. The number of carbonyl (C=O) groups excluding carboxylic acids is 2. The van der Waals surface area contributed by atoms with Gasteiger partial charge in [0.1, 0.15) is 5.75 Å². The lowest BCUT2D eigenvalue weighted by molar-refractivity contribution is -0.123. The number of benzene rings is 4. The molecule has 0 aliphatic carbocycles. The molecule has 0 aliphatic heterocycles. The van der Waals surface area contributed by atoms with Gasteiger partial charge in [0, 0.05) is 5.56 Å². The Morgan fingerprint density at radius 2 is 1.42 bits per heavy atom. The van der Waals surface area contributed by atoms with E-state index in [0.29, 0.717) is 28.6 Å². The first-order valence-corrected chi connectivity index (χ1v) is 11.6. The van der Waals surface area contributed by atoms with Crippen molar-refractivity contribution in [2.45, 2.75) is 0 Å². The van der Waals surface area contributed by atoms with Gasteiger partial charge in [-0.1, -0.05) is 42.5 Å². The summed E-state index contributed by atoms with van der Waals surface area (Å²) in [6.45, 7) is -0.269. The molecule has 194 valence electrons. The molecule has 1 N–H and O–H groups in total. The molecule has 4 aromatic carbocycles. The van der Waals surface area contributed by atoms with E-state index < -0.39 is 11.9 Å². The van der Waals surface area contributed by atoms with Crippen molar-refractivity contribution in [1.29, 1.82) is 0 Å². The summed E-state index contributed by atoms with van der Waals surface area (Å²) in [6, 6.07) is 22.8. The topological polar surface area (TPSA) is 105 Å². The van der Waals surface area contributed by atoms with Crippen molar-refractivity contribution in [2.24, 2.45) is 5.10 Å². The molecule has 9 nitrogen and oxygen atoms in total. The largest absolute Gasteiger partial charge is 0.493 e. The van der Waals surface area contributed by atoms with Crippen LogP contribution in [0.4, 0.5) is 0 Å². The standard InChI is InChI=1S/C29H26N2O7/c1-34-24-10-6-7-11-26(24)37-18-28(32)31-30-17-22-21-9-5-4-8-19(21)12-14-23(22)38-29(33)20-13-15-25(35-2)27(16-20)36-3/h4-17H,18H2,1-3H3,(H,31,32)/b30-17-. The summed E-state index contributed by atoms with van der Waals surface area (Å²) in [5, 5.41) is 5.77. The Morgan fingerprint density at radius 1 is 0.763 bits per heavy atom. The number of hydrazone groups is 1. The maximum Gasteiger partial charge on any atom is 0.343 e. The number of nitrogens with zero attached hydrogens (tertiary/aromatic N) is 1. The highest BCUT2D eigenvalue weighted by Crippen LogP contribution is 2.30. The summed E-state index contributed by atoms with van der Waals surface area (Å²) < 4.78 is 27.0. The lowest BCUT2D eigenvalue weighted by atomic mass is 10.0. The number of nitrogens with one attached hydrogen (secondary N) is 1. The smallest absolute Gasteiger partial charge is 0.343 e. The second-order valence-electron chi connectivity index (χ2n) is 7.89. The van der Waals surface area contributed by atoms with Crippen molar-refractivity contribution in [3.8, 4) is 28.7 Å². The van der Waals surface area contributed by atoms with Crippen LogP contribution in [0.5, 0.6) is 28.7 Å². The van der Waals surface area contributed by atoms with Gasteiger partial charge in [0.05, 0.1) is 33.1 Å². The number of carbonyl (C=O) groups is 2. The Morgan fingerprint density at radius 3 is 2.18 bits per heavy atom. The SMILES string of the molecule is COc1ccc(C(=O)Oc2ccc3ccccc3c2/C=N\NC(=O)COc2ccccc2OC)cc1OC. The van der Waals surface area contributed by atoms with Crippen LogP contribution in [-0.4, -0.2) is 46.0 Å². The molecular formula is C29H26N2O7. The fourth-order valence-corrected chi connectivity index (χ4v) is 3.70. The number of rotatable bonds is 10. The van der Waals surface area contributed by atoms with E-state index in [-0.39, 0.29) is 17.9 Å². The molecule has 4 rings (SSSR count). The normalized spacial score (nSPS) is 10.7. The maximum absolute atomic E-state index is 13.0. The molecule has 0 bridgehead atoms. The molecular weight excluding hydrogens is 488 g/mol. The van der Waals surface area contributed by atoms with E-state index in [9.17, 15) is 9.59 Å². The van der Waals surface area contributed by atoms with Crippen LogP contribution < -0.4 is 29.1 Å². The Hall–Kier alpha value is -5.05. The number of hydrogen-bond acceptors (Lipinski definition) is 8. The molecule has 0 heterocycles. The first-order chi connectivity index (χ1) is 18.5. The van der Waals surface area contributed by atoms with Gasteiger partial charge in [-0.3, -0.25) is 4.79 Å². The predicted molar refractivity (Wildman–Crippen MR) is 143 cm³/mol. The van der Waals surface area contributed by atoms with E-state index >= 15 is 0 Å². The minimum atomic E-state index is -0.592. The van der Waals surface area contributed by atoms with Gasteiger partial charge in [-0.25, -0.2) is 10.2 Å². The molecule has 0 radical (unpaired) electrons. The summed E-state index contributed by atoms with van der Waals surface area (Å²) >= 11 is 0. The van der Waals surface area contributed by atoms with Crippen LogP contribution >= 0.6 is 0 Å². The molecule has 0 atom stereocenters. The maximum atomic E-state index is 13.0. The number of amides is 1. The van der Waals surface area contributed by atoms with Crippen LogP contribution in [0.1, 0.15) is 15.9 Å². The summed E-state index contributed by atoms with van der Waals surface area (Å²) in [6.07, 6.45) is 1.43. The molecule has 0 fully saturated rings. The molecule has 0 unspecified atom stereocenters. The first kappa shape index (κ1) is 26.0. The number of para-hydroxylation sites is 2. The fraction of sp³-hybridized carbons (Fsp3) is 0.138. The Bertz CT molecular complexity index is 1480. The molecule has 4 aromatic rings. The van der Waals surface area contributed by atoms with Gasteiger partial charge in [0.2, 0.25) is 0 Å². The van der Waals surface area contributed by atoms with E-state index in [1.54, 1.807) is 42.5 Å². The molecule has 0 saturated carbocycles. The zero-order valence-electron chi connectivity index (χ0n) is 21.1. The van der Waals surface area contributed by atoms with E-state index in [2.05, 4.69) is 10.5 Å². The average Bonchev–Trinajstić information content (AvgIpc) is 2.96. The minimum absolute atomic E-state index is 0.269. The number of esters is 1. The highest BCUT2D eigenvalue weighted by molar-refractivity contribution is 6.04. The molecule has 0 aliphatic rings. The van der Waals surface area contributed by atoms with Crippen LogP contribution in [0.15, 0.2) is 84.0 Å². The molecule has 0 aromatic heterocycles. The van der Waals surface area contributed by atoms with Crippen LogP contribution in [0.25, 0.3) is 10.8 Å². The van der Waals surface area contributed by atoms with Crippen LogP contribution in [-0.2, 0) is 4.79 Å². The lowest BCUT2D eigenvalue weighted by Gasteiger charge is -2.12. The zero-order chi connectivity index (χ0) is 26.9. The Labute approximate surface area is 219 Å². The second kappa shape index (κ2) is 12.3. The number of hydrogen-bond donors (Lipinski definition) is 1. The van der Waals surface area contributed by atoms with Crippen LogP contribution in [0.3, 0.4) is 0 Å². The molecule has 0 saturated heterocycles. The Balaban J connectivity index is 1.52. The summed E-state index contributed by atoms with van der Waals surface area (Å²) in [4.78, 5) is 25.3. The first-order valence-electron chi connectivity index (χ1n) is 11.6. The van der Waals surface area contributed by atoms with E-state index in [1.807, 2.05) is 30.3 Å². The third-order valence-corrected chi connectivity index (χ3v) is 5.56. The monoisotopic (exact) mass is 514 g/mol. The van der Waals surface area contributed by atoms with Crippen LogP contribution in [0, 0.1) is 0 Å². The summed E-state index contributed by atoms with van der Waals surface area (Å²) in [5.41, 5.74) is 3.23. The number of methoxy groups -OCH3 is 3. The molecule has 38 heavy (non-hydrogen) atoms. The predicted octanol–water partition coefficient (Wildman–Crippen LogP) is 4.61. The number of ether oxygens (including phenoxy) is 5. The zero-order valence-corrected chi connectivity index (χ0v) is 21.1. The number of fused-ring (bicyclic) bond motifs is 1.